The van der Waals surface area contributed by atoms with Crippen LogP contribution in [-0.2, 0) is 11.2 Å². The molecule has 2 rings (SSSR count). The van der Waals surface area contributed by atoms with Gasteiger partial charge in [0.05, 0.1) is 12.4 Å². The van der Waals surface area contributed by atoms with Crippen LogP contribution in [0.2, 0.25) is 0 Å². The minimum absolute atomic E-state index is 0.140. The largest absolute Gasteiger partial charge is 0.480 e. The van der Waals surface area contributed by atoms with Gasteiger partial charge in [0.25, 0.3) is 0 Å². The zero-order valence-corrected chi connectivity index (χ0v) is 7.76. The molecule has 0 aromatic carbocycles. The van der Waals surface area contributed by atoms with Crippen molar-refractivity contribution in [2.75, 3.05) is 0 Å². The molecule has 3 N–H and O–H groups in total. The van der Waals surface area contributed by atoms with Crippen LogP contribution in [0.3, 0.4) is 0 Å². The number of hydrogen-bond acceptors (Lipinski definition) is 3. The summed E-state index contributed by atoms with van der Waals surface area (Å²) in [5.74, 6) is -0.948. The van der Waals surface area contributed by atoms with Gasteiger partial charge < -0.3 is 15.4 Å². The first-order valence-electron chi connectivity index (χ1n) is 4.69. The maximum atomic E-state index is 10.8. The molecule has 0 radical (unpaired) electrons. The Hall–Kier alpha value is -1.36. The Morgan fingerprint density at radius 3 is 3.29 bits per heavy atom. The first kappa shape index (κ1) is 9.21. The van der Waals surface area contributed by atoms with Crippen molar-refractivity contribution in [3.63, 3.8) is 0 Å². The highest BCUT2D eigenvalue weighted by molar-refractivity contribution is 5.73. The first-order chi connectivity index (χ1) is 6.70. The molecule has 76 valence electrons. The van der Waals surface area contributed by atoms with E-state index in [0.29, 0.717) is 0 Å². The Kier molecular flexibility index (Phi) is 2.25. The lowest BCUT2D eigenvalue weighted by Gasteiger charge is -2.27. The molecule has 1 aromatic heterocycles. The summed E-state index contributed by atoms with van der Waals surface area (Å²) in [4.78, 5) is 14.8. The highest BCUT2D eigenvalue weighted by atomic mass is 16.4. The van der Waals surface area contributed by atoms with E-state index < -0.39 is 12.0 Å². The highest BCUT2D eigenvalue weighted by Gasteiger charge is 2.29. The van der Waals surface area contributed by atoms with Crippen molar-refractivity contribution in [3.05, 3.63) is 18.2 Å². The normalized spacial score (nSPS) is 22.8. The topological polar surface area (TPSA) is 81.1 Å². The molecule has 1 aromatic rings. The number of nitrogens with two attached hydrogens (primary N) is 1. The van der Waals surface area contributed by atoms with Crippen LogP contribution in [0.5, 0.6) is 0 Å². The second-order valence-corrected chi connectivity index (χ2v) is 3.62. The van der Waals surface area contributed by atoms with Crippen LogP contribution in [0.25, 0.3) is 0 Å². The quantitative estimate of drug-likeness (QED) is 0.705. The van der Waals surface area contributed by atoms with E-state index in [1.807, 2.05) is 4.57 Å². The molecule has 0 bridgehead atoms. The van der Waals surface area contributed by atoms with Crippen LogP contribution < -0.4 is 5.73 Å². The van der Waals surface area contributed by atoms with Crippen LogP contribution in [0.4, 0.5) is 0 Å². The number of hydrogen-bond donors (Lipinski definition) is 2. The van der Waals surface area contributed by atoms with Crippen molar-refractivity contribution >= 4 is 5.97 Å². The predicted octanol–water partition coefficient (Wildman–Crippen LogP) is 0.172. The summed E-state index contributed by atoms with van der Waals surface area (Å²) in [7, 11) is 0. The lowest BCUT2D eigenvalue weighted by atomic mass is 9.97. The van der Waals surface area contributed by atoms with Gasteiger partial charge >= 0.3 is 5.97 Å². The fourth-order valence-corrected chi connectivity index (χ4v) is 1.97. The molecule has 14 heavy (non-hydrogen) atoms. The number of carboxylic acids is 1. The van der Waals surface area contributed by atoms with Crippen LogP contribution in [-0.4, -0.2) is 26.7 Å². The van der Waals surface area contributed by atoms with Gasteiger partial charge in [0.2, 0.25) is 0 Å². The fraction of sp³-hybridized carbons (Fsp3) is 0.556. The fourth-order valence-electron chi connectivity index (χ4n) is 1.97. The molecule has 0 saturated carbocycles. The smallest absolute Gasteiger partial charge is 0.322 e. The molecule has 0 amide bonds. The third-order valence-corrected chi connectivity index (χ3v) is 2.74. The molecule has 0 spiro atoms. The van der Waals surface area contributed by atoms with Crippen molar-refractivity contribution in [3.8, 4) is 0 Å². The number of nitrogens with zero attached hydrogens (tertiary/aromatic N) is 2. The van der Waals surface area contributed by atoms with Crippen molar-refractivity contribution in [1.82, 2.24) is 9.55 Å². The summed E-state index contributed by atoms with van der Waals surface area (Å²) in [6, 6.07) is -0.970. The Bertz CT molecular complexity index is 348. The van der Waals surface area contributed by atoms with E-state index in [4.69, 9.17) is 10.8 Å². The first-order valence-corrected chi connectivity index (χ1v) is 4.69. The maximum absolute atomic E-state index is 10.8. The average Bonchev–Trinajstić information content (AvgIpc) is 2.63. The molecule has 0 saturated heterocycles. The summed E-state index contributed by atoms with van der Waals surface area (Å²) >= 11 is 0. The third-order valence-electron chi connectivity index (χ3n) is 2.74. The standard InChI is InChI=1S/C9H13N3O2/c10-8(9(13)14)7-3-1-2-6-4-11-5-12(6)7/h4-5,7-8H,1-3,10H2,(H,13,14). The van der Waals surface area contributed by atoms with Gasteiger partial charge in [-0.15, -0.1) is 0 Å². The molecule has 1 aliphatic heterocycles. The van der Waals surface area contributed by atoms with Crippen molar-refractivity contribution in [2.45, 2.75) is 31.3 Å². The molecule has 2 unspecified atom stereocenters. The molecule has 1 aliphatic rings. The molecule has 0 fully saturated rings. The van der Waals surface area contributed by atoms with Gasteiger partial charge in [0.1, 0.15) is 6.04 Å². The summed E-state index contributed by atoms with van der Waals surface area (Å²) < 4.78 is 1.89. The van der Waals surface area contributed by atoms with Crippen LogP contribution in [0.15, 0.2) is 12.5 Å². The monoisotopic (exact) mass is 195 g/mol. The van der Waals surface area contributed by atoms with Gasteiger partial charge in [-0.3, -0.25) is 4.79 Å². The number of aryl methyl sites for hydroxylation is 1. The number of rotatable bonds is 2. The molecular weight excluding hydrogens is 182 g/mol. The zero-order chi connectivity index (χ0) is 10.1. The van der Waals surface area contributed by atoms with E-state index in [1.54, 1.807) is 12.5 Å². The van der Waals surface area contributed by atoms with Crippen LogP contribution in [0.1, 0.15) is 24.6 Å². The molecule has 5 heteroatoms. The number of aliphatic carboxylic acids is 1. The van der Waals surface area contributed by atoms with Crippen LogP contribution in [0, 0.1) is 0 Å². The minimum atomic E-state index is -0.948. The summed E-state index contributed by atoms with van der Waals surface area (Å²) in [5.41, 5.74) is 6.70. The van der Waals surface area contributed by atoms with Gasteiger partial charge in [-0.1, -0.05) is 0 Å². The second-order valence-electron chi connectivity index (χ2n) is 3.62. The van der Waals surface area contributed by atoms with E-state index in [1.165, 1.54) is 0 Å². The van der Waals surface area contributed by atoms with Crippen molar-refractivity contribution < 1.29 is 9.90 Å². The zero-order valence-electron chi connectivity index (χ0n) is 7.76. The van der Waals surface area contributed by atoms with Crippen molar-refractivity contribution in [2.24, 2.45) is 5.73 Å². The number of aromatic nitrogens is 2. The van der Waals surface area contributed by atoms with E-state index in [2.05, 4.69) is 4.98 Å². The second kappa shape index (κ2) is 3.42. The third kappa shape index (κ3) is 1.39. The van der Waals surface area contributed by atoms with Gasteiger partial charge in [0.15, 0.2) is 0 Å². The van der Waals surface area contributed by atoms with Gasteiger partial charge in [-0.05, 0) is 19.3 Å². The molecule has 2 atom stereocenters. The maximum Gasteiger partial charge on any atom is 0.322 e. The predicted molar refractivity (Wildman–Crippen MR) is 49.8 cm³/mol. The number of fused-ring (bicyclic) bond motifs is 1. The average molecular weight is 195 g/mol. The van der Waals surface area contributed by atoms with Gasteiger partial charge in [-0.25, -0.2) is 4.98 Å². The number of carboxylic acid groups (broad SMARTS) is 1. The van der Waals surface area contributed by atoms with E-state index in [0.717, 1.165) is 25.0 Å². The highest BCUT2D eigenvalue weighted by Crippen LogP contribution is 2.26. The molecule has 0 aliphatic carbocycles. The van der Waals surface area contributed by atoms with Gasteiger partial charge in [-0.2, -0.15) is 0 Å². The Morgan fingerprint density at radius 2 is 2.57 bits per heavy atom. The summed E-state index contributed by atoms with van der Waals surface area (Å²) in [5, 5.41) is 8.84. The van der Waals surface area contributed by atoms with E-state index in [9.17, 15) is 4.79 Å². The van der Waals surface area contributed by atoms with Crippen LogP contribution >= 0.6 is 0 Å². The molecular formula is C9H13N3O2. The van der Waals surface area contributed by atoms with Crippen molar-refractivity contribution in [1.29, 1.82) is 0 Å². The number of imidazole rings is 1. The molecule has 5 nitrogen and oxygen atoms in total. The Labute approximate surface area is 81.5 Å². The SMILES string of the molecule is NC(C(=O)O)C1CCCc2cncn21. The lowest BCUT2D eigenvalue weighted by Crippen LogP contribution is -2.40. The lowest BCUT2D eigenvalue weighted by molar-refractivity contribution is -0.139. The van der Waals surface area contributed by atoms with E-state index in [-0.39, 0.29) is 6.04 Å². The Morgan fingerprint density at radius 1 is 1.79 bits per heavy atom. The van der Waals surface area contributed by atoms with E-state index >= 15 is 0 Å². The number of carbonyl (C=O) groups is 1. The minimum Gasteiger partial charge on any atom is -0.480 e. The molecule has 2 heterocycles. The summed E-state index contributed by atoms with van der Waals surface area (Å²) in [6.45, 7) is 0. The Balaban J connectivity index is 2.28. The van der Waals surface area contributed by atoms with Gasteiger partial charge in [0, 0.05) is 11.9 Å². The summed E-state index contributed by atoms with van der Waals surface area (Å²) in [6.07, 6.45) is 6.21.